The summed E-state index contributed by atoms with van der Waals surface area (Å²) in [7, 11) is 0. The number of primary amides is 1. The maximum atomic E-state index is 10.9. The van der Waals surface area contributed by atoms with Gasteiger partial charge in [0, 0.05) is 10.5 Å². The topological polar surface area (TPSA) is 86.2 Å². The molecule has 1 aromatic rings. The third kappa shape index (κ3) is 2.86. The molecule has 4 nitrogen and oxygen atoms in total. The smallest absolute Gasteiger partial charge is 0.248 e. The molecule has 0 aromatic heterocycles. The summed E-state index contributed by atoms with van der Waals surface area (Å²) in [5, 5.41) is -0.114. The number of benzene rings is 1. The summed E-state index contributed by atoms with van der Waals surface area (Å²) in [6.45, 7) is 0.00222. The van der Waals surface area contributed by atoms with Crippen molar-refractivity contribution in [1.29, 1.82) is 0 Å². The second-order valence-electron chi connectivity index (χ2n) is 2.57. The van der Waals surface area contributed by atoms with Crippen molar-refractivity contribution in [3.63, 3.8) is 0 Å². The molecule has 0 heterocycles. The Balaban J connectivity index is 2.73. The van der Waals surface area contributed by atoms with Crippen LogP contribution in [0.1, 0.15) is 10.4 Å². The summed E-state index contributed by atoms with van der Waals surface area (Å²) in [6, 6.07) is 6.49. The van der Waals surface area contributed by atoms with Crippen molar-refractivity contribution < 1.29 is 9.59 Å². The van der Waals surface area contributed by atoms with E-state index in [0.29, 0.717) is 5.56 Å². The molecule has 74 valence electrons. The lowest BCUT2D eigenvalue weighted by Crippen LogP contribution is -2.11. The van der Waals surface area contributed by atoms with Crippen LogP contribution in [0.25, 0.3) is 0 Å². The Bertz CT molecular complexity index is 348. The number of rotatable bonds is 3. The van der Waals surface area contributed by atoms with Crippen molar-refractivity contribution in [2.75, 3.05) is 6.54 Å². The van der Waals surface area contributed by atoms with E-state index in [4.69, 9.17) is 11.5 Å². The normalized spacial score (nSPS) is 9.79. The first kappa shape index (κ1) is 10.7. The minimum absolute atomic E-state index is 0.00222. The van der Waals surface area contributed by atoms with Gasteiger partial charge in [-0.05, 0) is 24.3 Å². The fraction of sp³-hybridized carbons (Fsp3) is 0.111. The van der Waals surface area contributed by atoms with E-state index in [1.807, 2.05) is 0 Å². The number of hydrogen-bond donors (Lipinski definition) is 2. The quantitative estimate of drug-likeness (QED) is 0.705. The van der Waals surface area contributed by atoms with E-state index < -0.39 is 5.91 Å². The molecule has 0 saturated heterocycles. The Hall–Kier alpha value is -1.33. The van der Waals surface area contributed by atoms with Gasteiger partial charge < -0.3 is 11.5 Å². The lowest BCUT2D eigenvalue weighted by molar-refractivity contribution is -0.109. The Morgan fingerprint density at radius 1 is 1.21 bits per heavy atom. The van der Waals surface area contributed by atoms with E-state index in [-0.39, 0.29) is 11.7 Å². The first-order valence-electron chi connectivity index (χ1n) is 3.94. The van der Waals surface area contributed by atoms with Crippen molar-refractivity contribution in [2.24, 2.45) is 11.5 Å². The average Bonchev–Trinajstić information content (AvgIpc) is 2.18. The van der Waals surface area contributed by atoms with Gasteiger partial charge >= 0.3 is 0 Å². The van der Waals surface area contributed by atoms with Gasteiger partial charge in [0.15, 0.2) is 0 Å². The van der Waals surface area contributed by atoms with Gasteiger partial charge in [-0.1, -0.05) is 11.8 Å². The highest BCUT2D eigenvalue weighted by molar-refractivity contribution is 8.13. The summed E-state index contributed by atoms with van der Waals surface area (Å²) in [5.41, 5.74) is 10.6. The molecule has 0 unspecified atom stereocenters. The van der Waals surface area contributed by atoms with Gasteiger partial charge in [0.2, 0.25) is 11.0 Å². The lowest BCUT2D eigenvalue weighted by atomic mass is 10.2. The zero-order chi connectivity index (χ0) is 10.6. The van der Waals surface area contributed by atoms with Gasteiger partial charge in [0.25, 0.3) is 0 Å². The summed E-state index contributed by atoms with van der Waals surface area (Å²) in [5.74, 6) is -0.480. The molecule has 0 spiro atoms. The number of carbonyl (C=O) groups excluding carboxylic acids is 2. The Labute approximate surface area is 85.7 Å². The molecule has 4 N–H and O–H groups in total. The highest BCUT2D eigenvalue weighted by Gasteiger charge is 2.03. The molecular weight excluding hydrogens is 200 g/mol. The van der Waals surface area contributed by atoms with Crippen LogP contribution < -0.4 is 11.5 Å². The number of nitrogens with two attached hydrogens (primary N) is 2. The molecule has 14 heavy (non-hydrogen) atoms. The zero-order valence-electron chi connectivity index (χ0n) is 7.40. The van der Waals surface area contributed by atoms with Crippen LogP contribution in [0.2, 0.25) is 0 Å². The Morgan fingerprint density at radius 2 is 1.79 bits per heavy atom. The van der Waals surface area contributed by atoms with Gasteiger partial charge in [0.1, 0.15) is 0 Å². The van der Waals surface area contributed by atoms with Crippen LogP contribution >= 0.6 is 11.8 Å². The van der Waals surface area contributed by atoms with Crippen LogP contribution in [0.15, 0.2) is 29.2 Å². The van der Waals surface area contributed by atoms with Crippen LogP contribution in [0.5, 0.6) is 0 Å². The molecule has 0 saturated carbocycles. The minimum atomic E-state index is -0.480. The molecule has 0 aliphatic carbocycles. The zero-order valence-corrected chi connectivity index (χ0v) is 8.21. The van der Waals surface area contributed by atoms with E-state index >= 15 is 0 Å². The summed E-state index contributed by atoms with van der Waals surface area (Å²) in [4.78, 5) is 22.4. The van der Waals surface area contributed by atoms with Crippen molar-refractivity contribution in [3.8, 4) is 0 Å². The summed E-state index contributed by atoms with van der Waals surface area (Å²) < 4.78 is 0. The molecule has 0 fully saturated rings. The molecule has 5 heteroatoms. The van der Waals surface area contributed by atoms with E-state index in [1.165, 1.54) is 0 Å². The second-order valence-corrected chi connectivity index (χ2v) is 3.70. The Kier molecular flexibility index (Phi) is 3.67. The van der Waals surface area contributed by atoms with Gasteiger partial charge in [-0.25, -0.2) is 0 Å². The maximum Gasteiger partial charge on any atom is 0.248 e. The molecule has 1 rings (SSSR count). The number of carbonyl (C=O) groups is 2. The largest absolute Gasteiger partial charge is 0.366 e. The minimum Gasteiger partial charge on any atom is -0.366 e. The van der Waals surface area contributed by atoms with Gasteiger partial charge in [-0.15, -0.1) is 0 Å². The highest BCUT2D eigenvalue weighted by atomic mass is 32.2. The van der Waals surface area contributed by atoms with E-state index in [2.05, 4.69) is 0 Å². The molecule has 0 radical (unpaired) electrons. The standard InChI is InChI=1S/C9H10N2O2S/c10-5-8(12)14-7-3-1-6(2-4-7)9(11)13/h1-4H,5,10H2,(H2,11,13). The molecule has 0 atom stereocenters. The van der Waals surface area contributed by atoms with Gasteiger partial charge in [0.05, 0.1) is 6.54 Å². The van der Waals surface area contributed by atoms with Crippen molar-refractivity contribution in [1.82, 2.24) is 0 Å². The molecule has 0 aliphatic heterocycles. The molecule has 1 amide bonds. The van der Waals surface area contributed by atoms with Crippen LogP contribution in [0.3, 0.4) is 0 Å². The predicted octanol–water partition coefficient (Wildman–Crippen LogP) is 0.363. The van der Waals surface area contributed by atoms with E-state index in [0.717, 1.165) is 16.7 Å². The average molecular weight is 210 g/mol. The first-order chi connectivity index (χ1) is 6.63. The number of hydrogen-bond acceptors (Lipinski definition) is 4. The molecule has 1 aromatic carbocycles. The van der Waals surface area contributed by atoms with E-state index in [1.54, 1.807) is 24.3 Å². The van der Waals surface area contributed by atoms with Gasteiger partial charge in [-0.3, -0.25) is 9.59 Å². The van der Waals surface area contributed by atoms with Crippen LogP contribution in [0.4, 0.5) is 0 Å². The number of thioether (sulfide) groups is 1. The third-order valence-corrected chi connectivity index (χ3v) is 2.44. The Morgan fingerprint density at radius 3 is 2.21 bits per heavy atom. The van der Waals surface area contributed by atoms with Crippen LogP contribution in [-0.4, -0.2) is 17.6 Å². The van der Waals surface area contributed by atoms with Crippen LogP contribution in [0, 0.1) is 0 Å². The second kappa shape index (κ2) is 4.78. The predicted molar refractivity (Wildman–Crippen MR) is 54.9 cm³/mol. The number of amides is 1. The summed E-state index contributed by atoms with van der Waals surface area (Å²) >= 11 is 1.05. The maximum absolute atomic E-state index is 10.9. The van der Waals surface area contributed by atoms with Gasteiger partial charge in [-0.2, -0.15) is 0 Å². The monoisotopic (exact) mass is 210 g/mol. The van der Waals surface area contributed by atoms with E-state index in [9.17, 15) is 9.59 Å². The lowest BCUT2D eigenvalue weighted by Gasteiger charge is -1.99. The molecule has 0 aliphatic rings. The summed E-state index contributed by atoms with van der Waals surface area (Å²) in [6.07, 6.45) is 0. The van der Waals surface area contributed by atoms with Crippen LogP contribution in [-0.2, 0) is 4.79 Å². The van der Waals surface area contributed by atoms with Crippen molar-refractivity contribution in [2.45, 2.75) is 4.90 Å². The SMILES string of the molecule is NCC(=O)Sc1ccc(C(N)=O)cc1. The third-order valence-electron chi connectivity index (χ3n) is 1.54. The van der Waals surface area contributed by atoms with Crippen molar-refractivity contribution in [3.05, 3.63) is 29.8 Å². The molecular formula is C9H10N2O2S. The highest BCUT2D eigenvalue weighted by Crippen LogP contribution is 2.18. The fourth-order valence-electron chi connectivity index (χ4n) is 0.860. The first-order valence-corrected chi connectivity index (χ1v) is 4.75. The molecule has 0 bridgehead atoms. The van der Waals surface area contributed by atoms with Crippen molar-refractivity contribution >= 4 is 22.8 Å². The fourth-order valence-corrected chi connectivity index (χ4v) is 1.48.